The van der Waals surface area contributed by atoms with Crippen LogP contribution in [0, 0.1) is 0 Å². The van der Waals surface area contributed by atoms with Crippen molar-refractivity contribution in [1.29, 1.82) is 0 Å². The fourth-order valence-corrected chi connectivity index (χ4v) is 3.64. The molecule has 0 fully saturated rings. The van der Waals surface area contributed by atoms with Gasteiger partial charge in [0.25, 0.3) is 0 Å². The molecule has 0 bridgehead atoms. The van der Waals surface area contributed by atoms with Crippen molar-refractivity contribution in [1.82, 2.24) is 0 Å². The van der Waals surface area contributed by atoms with E-state index in [1.165, 1.54) is 11.1 Å². The molecule has 0 amide bonds. The van der Waals surface area contributed by atoms with E-state index in [2.05, 4.69) is 54.6 Å². The molecule has 0 aliphatic rings. The molecule has 0 unspecified atom stereocenters. The molecule has 0 saturated carbocycles. The molecule has 4 aromatic carbocycles. The molecule has 1 heterocycles. The van der Waals surface area contributed by atoms with Crippen molar-refractivity contribution in [3.8, 4) is 11.1 Å². The van der Waals surface area contributed by atoms with Crippen molar-refractivity contribution in [2.24, 2.45) is 0 Å². The number of hydrogen-bond donors (Lipinski definition) is 0. The molecule has 0 N–H and O–H groups in total. The van der Waals surface area contributed by atoms with Gasteiger partial charge in [-0.25, -0.2) is 0 Å². The fourth-order valence-electron chi connectivity index (χ4n) is 3.37. The molecule has 1 aromatic heterocycles. The maximum atomic E-state index is 6.40. The minimum atomic E-state index is 0.727. The summed E-state index contributed by atoms with van der Waals surface area (Å²) in [5.41, 5.74) is 4.11. The highest BCUT2D eigenvalue weighted by molar-refractivity contribution is 6.38. The number of hydrogen-bond acceptors (Lipinski definition) is 1. The van der Waals surface area contributed by atoms with Crippen LogP contribution in [0.25, 0.3) is 43.8 Å². The Labute approximate surface area is 144 Å². The number of furan rings is 1. The Hall–Kier alpha value is -2.77. The van der Waals surface area contributed by atoms with Crippen LogP contribution in [0.1, 0.15) is 0 Å². The van der Waals surface area contributed by atoms with E-state index >= 15 is 0 Å². The predicted molar refractivity (Wildman–Crippen MR) is 102 cm³/mol. The van der Waals surface area contributed by atoms with Crippen LogP contribution in [0.5, 0.6) is 0 Å². The first-order valence-corrected chi connectivity index (χ1v) is 8.28. The predicted octanol–water partition coefficient (Wildman–Crippen LogP) is 7.06. The van der Waals surface area contributed by atoms with E-state index in [9.17, 15) is 0 Å². The molecule has 1 nitrogen and oxygen atoms in total. The van der Waals surface area contributed by atoms with Crippen molar-refractivity contribution in [3.63, 3.8) is 0 Å². The molecule has 0 atom stereocenters. The second-order valence-corrected chi connectivity index (χ2v) is 6.37. The molecule has 5 rings (SSSR count). The Morgan fingerprint density at radius 1 is 0.667 bits per heavy atom. The SMILES string of the molecule is Clc1cccc2oc3c4cc(-c5ccccc5)ccc4ccc3c12. The third-order valence-electron chi connectivity index (χ3n) is 4.54. The van der Waals surface area contributed by atoms with Crippen LogP contribution in [0.2, 0.25) is 5.02 Å². The molecule has 2 heteroatoms. The summed E-state index contributed by atoms with van der Waals surface area (Å²) in [6, 6.07) is 26.9. The van der Waals surface area contributed by atoms with Crippen molar-refractivity contribution in [2.45, 2.75) is 0 Å². The van der Waals surface area contributed by atoms with Gasteiger partial charge in [-0.05, 0) is 40.8 Å². The van der Waals surface area contributed by atoms with E-state index in [0.717, 1.165) is 37.7 Å². The highest BCUT2D eigenvalue weighted by atomic mass is 35.5. The number of fused-ring (bicyclic) bond motifs is 5. The zero-order valence-electron chi connectivity index (χ0n) is 12.8. The Bertz CT molecular complexity index is 1200. The number of rotatable bonds is 1. The van der Waals surface area contributed by atoms with Crippen molar-refractivity contribution in [3.05, 3.63) is 83.9 Å². The molecule has 114 valence electrons. The highest BCUT2D eigenvalue weighted by Crippen LogP contribution is 2.38. The normalized spacial score (nSPS) is 11.5. The fraction of sp³-hybridized carbons (Fsp3) is 0. The molecule has 5 aromatic rings. The molecule has 0 radical (unpaired) electrons. The molecule has 0 spiro atoms. The van der Waals surface area contributed by atoms with Gasteiger partial charge in [-0.1, -0.05) is 66.2 Å². The van der Waals surface area contributed by atoms with Gasteiger partial charge < -0.3 is 4.42 Å². The largest absolute Gasteiger partial charge is 0.455 e. The quantitative estimate of drug-likeness (QED) is 0.321. The summed E-state index contributed by atoms with van der Waals surface area (Å²) in [4.78, 5) is 0. The van der Waals surface area contributed by atoms with Gasteiger partial charge in [-0.3, -0.25) is 0 Å². The zero-order chi connectivity index (χ0) is 16.1. The summed E-state index contributed by atoms with van der Waals surface area (Å²) in [7, 11) is 0. The van der Waals surface area contributed by atoms with Gasteiger partial charge in [-0.2, -0.15) is 0 Å². The van der Waals surface area contributed by atoms with Gasteiger partial charge in [0.2, 0.25) is 0 Å². The first-order valence-electron chi connectivity index (χ1n) is 7.90. The lowest BCUT2D eigenvalue weighted by Gasteiger charge is -2.04. The van der Waals surface area contributed by atoms with Crippen LogP contribution in [0.3, 0.4) is 0 Å². The van der Waals surface area contributed by atoms with Gasteiger partial charge >= 0.3 is 0 Å². The maximum Gasteiger partial charge on any atom is 0.143 e. The van der Waals surface area contributed by atoms with E-state index in [0.29, 0.717) is 0 Å². The first kappa shape index (κ1) is 13.6. The zero-order valence-corrected chi connectivity index (χ0v) is 13.5. The minimum Gasteiger partial charge on any atom is -0.455 e. The lowest BCUT2D eigenvalue weighted by atomic mass is 9.99. The first-order chi connectivity index (χ1) is 11.8. The second kappa shape index (κ2) is 5.12. The van der Waals surface area contributed by atoms with Gasteiger partial charge in [0, 0.05) is 16.2 Å². The molecular formula is C22H13ClO. The lowest BCUT2D eigenvalue weighted by Crippen LogP contribution is -1.79. The summed E-state index contributed by atoms with van der Waals surface area (Å²) >= 11 is 6.40. The molecule has 0 aliphatic heterocycles. The third kappa shape index (κ3) is 1.95. The smallest absolute Gasteiger partial charge is 0.143 e. The summed E-state index contributed by atoms with van der Waals surface area (Å²) in [5, 5.41) is 5.05. The molecule has 24 heavy (non-hydrogen) atoms. The van der Waals surface area contributed by atoms with Gasteiger partial charge in [0.1, 0.15) is 11.2 Å². The Morgan fingerprint density at radius 3 is 2.38 bits per heavy atom. The average molecular weight is 329 g/mol. The summed E-state index contributed by atoms with van der Waals surface area (Å²) < 4.78 is 6.15. The second-order valence-electron chi connectivity index (χ2n) is 5.96. The molecule has 0 aliphatic carbocycles. The van der Waals surface area contributed by atoms with Crippen LogP contribution in [-0.2, 0) is 0 Å². The van der Waals surface area contributed by atoms with E-state index in [4.69, 9.17) is 16.0 Å². The van der Waals surface area contributed by atoms with Crippen molar-refractivity contribution >= 4 is 44.3 Å². The maximum absolute atomic E-state index is 6.40. The Balaban J connectivity index is 1.89. The van der Waals surface area contributed by atoms with E-state index in [1.807, 2.05) is 24.3 Å². The Kier molecular flexibility index (Phi) is 2.91. The number of halogens is 1. The van der Waals surface area contributed by atoms with Crippen LogP contribution < -0.4 is 0 Å². The lowest BCUT2D eigenvalue weighted by molar-refractivity contribution is 0.672. The molecular weight excluding hydrogens is 316 g/mol. The van der Waals surface area contributed by atoms with Crippen LogP contribution in [-0.4, -0.2) is 0 Å². The van der Waals surface area contributed by atoms with Gasteiger partial charge in [0.05, 0.1) is 5.02 Å². The summed E-state index contributed by atoms with van der Waals surface area (Å²) in [6.45, 7) is 0. The van der Waals surface area contributed by atoms with Crippen molar-refractivity contribution in [2.75, 3.05) is 0 Å². The van der Waals surface area contributed by atoms with Gasteiger partial charge in [0.15, 0.2) is 0 Å². The standard InChI is InChI=1S/C22H13ClO/c23-19-7-4-8-20-21(19)17-12-11-15-9-10-16(13-18(15)22(17)24-20)14-5-2-1-3-6-14/h1-13H. The van der Waals surface area contributed by atoms with Gasteiger partial charge in [-0.15, -0.1) is 0 Å². The topological polar surface area (TPSA) is 13.1 Å². The monoisotopic (exact) mass is 328 g/mol. The highest BCUT2D eigenvalue weighted by Gasteiger charge is 2.13. The minimum absolute atomic E-state index is 0.727. The summed E-state index contributed by atoms with van der Waals surface area (Å²) in [5.74, 6) is 0. The third-order valence-corrected chi connectivity index (χ3v) is 4.85. The molecule has 0 saturated heterocycles. The van der Waals surface area contributed by atoms with Crippen LogP contribution >= 0.6 is 11.6 Å². The van der Waals surface area contributed by atoms with Crippen LogP contribution in [0.15, 0.2) is 83.3 Å². The number of benzene rings is 4. The van der Waals surface area contributed by atoms with Crippen LogP contribution in [0.4, 0.5) is 0 Å². The van der Waals surface area contributed by atoms with Crippen molar-refractivity contribution < 1.29 is 4.42 Å². The average Bonchev–Trinajstić information content (AvgIpc) is 3.02. The van der Waals surface area contributed by atoms with E-state index in [-0.39, 0.29) is 0 Å². The van der Waals surface area contributed by atoms with E-state index < -0.39 is 0 Å². The Morgan fingerprint density at radius 2 is 1.50 bits per heavy atom. The van der Waals surface area contributed by atoms with E-state index in [1.54, 1.807) is 0 Å². The summed E-state index contributed by atoms with van der Waals surface area (Å²) in [6.07, 6.45) is 0.